The third-order valence-electron chi connectivity index (χ3n) is 5.33. The van der Waals surface area contributed by atoms with Crippen molar-refractivity contribution in [1.29, 1.82) is 0 Å². The lowest BCUT2D eigenvalue weighted by molar-refractivity contribution is -0.114. The Labute approximate surface area is 202 Å². The van der Waals surface area contributed by atoms with Crippen LogP contribution in [0.25, 0.3) is 6.08 Å². The molecule has 2 amide bonds. The topological polar surface area (TPSA) is 98.8 Å². The van der Waals surface area contributed by atoms with E-state index in [0.717, 1.165) is 11.3 Å². The Morgan fingerprint density at radius 3 is 2.03 bits per heavy atom. The zero-order valence-corrected chi connectivity index (χ0v) is 21.3. The molecule has 2 aromatic carbocycles. The first-order valence-corrected chi connectivity index (χ1v) is 12.9. The number of carbonyl (C=O) groups excluding carboxylic acids is 2. The van der Waals surface area contributed by atoms with E-state index in [2.05, 4.69) is 10.6 Å². The number of hydrogen-bond donors (Lipinski definition) is 2. The number of anilines is 3. The van der Waals surface area contributed by atoms with Gasteiger partial charge < -0.3 is 15.5 Å². The Hall–Kier alpha value is -3.17. The largest absolute Gasteiger partial charge is 0.370 e. The molecule has 0 saturated heterocycles. The third-order valence-corrected chi connectivity index (χ3v) is 7.38. The molecular weight excluding hydrogens is 452 g/mol. The summed E-state index contributed by atoms with van der Waals surface area (Å²) in [4.78, 5) is 26.1. The molecule has 0 aromatic heterocycles. The summed E-state index contributed by atoms with van der Waals surface area (Å²) >= 11 is 0. The van der Waals surface area contributed by atoms with Gasteiger partial charge in [0.1, 0.15) is 0 Å². The van der Waals surface area contributed by atoms with E-state index >= 15 is 0 Å². The second kappa shape index (κ2) is 12.3. The number of nitrogens with zero attached hydrogens (tertiary/aromatic N) is 2. The molecule has 2 rings (SSSR count). The zero-order chi connectivity index (χ0) is 25.3. The van der Waals surface area contributed by atoms with Crippen molar-refractivity contribution in [2.75, 3.05) is 41.7 Å². The summed E-state index contributed by atoms with van der Waals surface area (Å²) in [5, 5.41) is 5.54. The van der Waals surface area contributed by atoms with Crippen LogP contribution in [0.1, 0.15) is 40.2 Å². The number of sulfonamides is 1. The second-order valence-corrected chi connectivity index (χ2v) is 9.50. The van der Waals surface area contributed by atoms with E-state index in [0.29, 0.717) is 37.6 Å². The summed E-state index contributed by atoms with van der Waals surface area (Å²) in [6.45, 7) is 11.2. The maximum atomic E-state index is 13.0. The van der Waals surface area contributed by atoms with E-state index in [-0.39, 0.29) is 16.7 Å². The van der Waals surface area contributed by atoms with Crippen LogP contribution in [0.4, 0.5) is 17.1 Å². The highest BCUT2D eigenvalue weighted by Crippen LogP contribution is 2.30. The van der Waals surface area contributed by atoms with Gasteiger partial charge in [-0.1, -0.05) is 26.0 Å². The predicted molar refractivity (Wildman–Crippen MR) is 139 cm³/mol. The fourth-order valence-electron chi connectivity index (χ4n) is 3.56. The first-order chi connectivity index (χ1) is 16.2. The van der Waals surface area contributed by atoms with Gasteiger partial charge in [-0.25, -0.2) is 8.42 Å². The van der Waals surface area contributed by atoms with Gasteiger partial charge >= 0.3 is 0 Å². The number of amides is 2. The lowest BCUT2D eigenvalue weighted by Gasteiger charge is -2.25. The van der Waals surface area contributed by atoms with Gasteiger partial charge in [0, 0.05) is 44.9 Å². The van der Waals surface area contributed by atoms with Crippen LogP contribution < -0.4 is 15.5 Å². The molecule has 0 unspecified atom stereocenters. The molecule has 34 heavy (non-hydrogen) atoms. The van der Waals surface area contributed by atoms with E-state index in [1.165, 1.54) is 23.4 Å². The highest BCUT2D eigenvalue weighted by Gasteiger charge is 2.23. The molecule has 0 saturated carbocycles. The van der Waals surface area contributed by atoms with Crippen LogP contribution in [0.2, 0.25) is 0 Å². The highest BCUT2D eigenvalue weighted by atomic mass is 32.2. The maximum absolute atomic E-state index is 13.0. The average Bonchev–Trinajstić information content (AvgIpc) is 2.80. The van der Waals surface area contributed by atoms with Crippen molar-refractivity contribution in [3.8, 4) is 0 Å². The molecule has 0 atom stereocenters. The highest BCUT2D eigenvalue weighted by molar-refractivity contribution is 7.89. The molecule has 0 aliphatic heterocycles. The lowest BCUT2D eigenvalue weighted by atomic mass is 10.2. The minimum Gasteiger partial charge on any atom is -0.370 e. The molecular formula is C25H34N4O4S. The summed E-state index contributed by atoms with van der Waals surface area (Å²) < 4.78 is 27.4. The minimum absolute atomic E-state index is 0.139. The summed E-state index contributed by atoms with van der Waals surface area (Å²) in [6.07, 6.45) is 3.05. The first-order valence-electron chi connectivity index (χ1n) is 11.4. The van der Waals surface area contributed by atoms with Crippen molar-refractivity contribution in [3.63, 3.8) is 0 Å². The fourth-order valence-corrected chi connectivity index (χ4v) is 5.04. The molecule has 9 heteroatoms. The Balaban J connectivity index is 2.32. The van der Waals surface area contributed by atoms with Gasteiger partial charge in [-0.3, -0.25) is 9.59 Å². The standard InChI is InChI=1S/C25H34N4O4S/c1-6-28(7-2)24-16-15-22(34(32,33)29(8-3)9-4)18-23(24)27-25(31)17-12-20-10-13-21(14-11-20)26-19(5)30/h10-18H,6-9H2,1-5H3,(H,26,30)(H,27,31)/b17-12+. The molecule has 0 radical (unpaired) electrons. The quantitative estimate of drug-likeness (QED) is 0.465. The Bertz CT molecular complexity index is 1120. The van der Waals surface area contributed by atoms with E-state index < -0.39 is 10.0 Å². The number of nitrogens with one attached hydrogen (secondary N) is 2. The molecule has 2 N–H and O–H groups in total. The zero-order valence-electron chi connectivity index (χ0n) is 20.5. The molecule has 0 heterocycles. The normalized spacial score (nSPS) is 11.6. The molecule has 0 aliphatic carbocycles. The smallest absolute Gasteiger partial charge is 0.248 e. The van der Waals surface area contributed by atoms with E-state index in [9.17, 15) is 18.0 Å². The number of rotatable bonds is 11. The molecule has 8 nitrogen and oxygen atoms in total. The van der Waals surface area contributed by atoms with Crippen molar-refractivity contribution in [2.45, 2.75) is 39.5 Å². The van der Waals surface area contributed by atoms with E-state index in [4.69, 9.17) is 0 Å². The van der Waals surface area contributed by atoms with Crippen LogP contribution in [0.5, 0.6) is 0 Å². The van der Waals surface area contributed by atoms with Gasteiger partial charge in [-0.05, 0) is 55.8 Å². The van der Waals surface area contributed by atoms with Gasteiger partial charge in [-0.2, -0.15) is 4.31 Å². The Kier molecular flexibility index (Phi) is 9.83. The van der Waals surface area contributed by atoms with Gasteiger partial charge in [-0.15, -0.1) is 0 Å². The van der Waals surface area contributed by atoms with E-state index in [1.54, 1.807) is 56.3 Å². The first kappa shape index (κ1) is 27.1. The van der Waals surface area contributed by atoms with Crippen LogP contribution in [-0.4, -0.2) is 50.7 Å². The maximum Gasteiger partial charge on any atom is 0.248 e. The summed E-state index contributed by atoms with van der Waals surface area (Å²) in [5.74, 6) is -0.534. The van der Waals surface area contributed by atoms with Gasteiger partial charge in [0.15, 0.2) is 0 Å². The van der Waals surface area contributed by atoms with Gasteiger partial charge in [0.25, 0.3) is 0 Å². The molecule has 0 aliphatic rings. The predicted octanol–water partition coefficient (Wildman–Crippen LogP) is 4.17. The molecule has 0 bridgehead atoms. The van der Waals surface area contributed by atoms with Gasteiger partial charge in [0.05, 0.1) is 16.3 Å². The number of benzene rings is 2. The van der Waals surface area contributed by atoms with Crippen molar-refractivity contribution in [2.24, 2.45) is 0 Å². The van der Waals surface area contributed by atoms with Gasteiger partial charge in [0.2, 0.25) is 21.8 Å². The van der Waals surface area contributed by atoms with Crippen LogP contribution in [0.3, 0.4) is 0 Å². The van der Waals surface area contributed by atoms with Crippen LogP contribution in [0.15, 0.2) is 53.4 Å². The average molecular weight is 487 g/mol. The molecule has 0 spiro atoms. The van der Waals surface area contributed by atoms with Crippen molar-refractivity contribution < 1.29 is 18.0 Å². The third kappa shape index (κ3) is 6.91. The summed E-state index contributed by atoms with van der Waals surface area (Å²) in [6, 6.07) is 11.9. The number of carbonyl (C=O) groups is 2. The van der Waals surface area contributed by atoms with Crippen LogP contribution in [-0.2, 0) is 19.6 Å². The molecule has 0 fully saturated rings. The summed E-state index contributed by atoms with van der Waals surface area (Å²) in [7, 11) is -3.67. The minimum atomic E-state index is -3.67. The Morgan fingerprint density at radius 2 is 1.50 bits per heavy atom. The van der Waals surface area contributed by atoms with Crippen molar-refractivity contribution in [3.05, 3.63) is 54.1 Å². The number of hydrogen-bond acceptors (Lipinski definition) is 5. The van der Waals surface area contributed by atoms with Crippen molar-refractivity contribution in [1.82, 2.24) is 4.31 Å². The molecule has 2 aromatic rings. The Morgan fingerprint density at radius 1 is 0.882 bits per heavy atom. The SMILES string of the molecule is CCN(CC)c1ccc(S(=O)(=O)N(CC)CC)cc1NC(=O)/C=C/c1ccc(NC(C)=O)cc1. The monoisotopic (exact) mass is 486 g/mol. The molecule has 184 valence electrons. The second-order valence-electron chi connectivity index (χ2n) is 7.57. The lowest BCUT2D eigenvalue weighted by Crippen LogP contribution is -2.31. The van der Waals surface area contributed by atoms with Crippen LogP contribution in [0, 0.1) is 0 Å². The fraction of sp³-hybridized carbons (Fsp3) is 0.360. The van der Waals surface area contributed by atoms with Crippen LogP contribution >= 0.6 is 0 Å². The summed E-state index contributed by atoms with van der Waals surface area (Å²) in [5.41, 5.74) is 2.65. The van der Waals surface area contributed by atoms with E-state index in [1.807, 2.05) is 18.7 Å². The van der Waals surface area contributed by atoms with Crippen molar-refractivity contribution >= 4 is 45.0 Å².